The van der Waals surface area contributed by atoms with E-state index in [4.69, 9.17) is 24.2 Å². The van der Waals surface area contributed by atoms with Gasteiger partial charge in [0.15, 0.2) is 18.1 Å². The summed E-state index contributed by atoms with van der Waals surface area (Å²) in [6.07, 6.45) is 2.88. The zero-order valence-electron chi connectivity index (χ0n) is 17.7. The zero-order chi connectivity index (χ0) is 22.6. The van der Waals surface area contributed by atoms with Gasteiger partial charge < -0.3 is 23.8 Å². The molecule has 8 heteroatoms. The molecule has 0 atom stereocenters. The molecule has 0 aromatic heterocycles. The highest BCUT2D eigenvalue weighted by Crippen LogP contribution is 2.38. The molecule has 0 unspecified atom stereocenters. The van der Waals surface area contributed by atoms with Crippen molar-refractivity contribution >= 4 is 23.6 Å². The molecule has 162 valence electrons. The maximum atomic E-state index is 12.5. The molecule has 2 rings (SSSR count). The zero-order valence-corrected chi connectivity index (χ0v) is 17.7. The largest absolute Gasteiger partial charge is 0.493 e. The smallest absolute Gasteiger partial charge is 0.331 e. The number of nitriles is 1. The van der Waals surface area contributed by atoms with Gasteiger partial charge in [-0.05, 0) is 35.9 Å². The van der Waals surface area contributed by atoms with Gasteiger partial charge in [-0.2, -0.15) is 5.26 Å². The Morgan fingerprint density at radius 3 is 2.23 bits per heavy atom. The highest BCUT2D eigenvalue weighted by atomic mass is 16.5. The van der Waals surface area contributed by atoms with Crippen molar-refractivity contribution in [3.8, 4) is 23.3 Å². The molecular formula is C23H24N2O6. The predicted molar refractivity (Wildman–Crippen MR) is 115 cm³/mol. The number of hydrogen-bond acceptors (Lipinski definition) is 7. The number of benzene rings is 2. The van der Waals surface area contributed by atoms with Gasteiger partial charge in [-0.25, -0.2) is 4.79 Å². The number of nitrogens with zero attached hydrogens (tertiary/aromatic N) is 2. The lowest BCUT2D eigenvalue weighted by molar-refractivity contribution is -0.142. The standard InChI is InChI=1S/C23H24N2O6/c1-28-19-14-17(15-20(29-2)23(19)30-3)10-11-22(27)31-16-21(26)25(13-7-12-24)18-8-5-4-6-9-18/h4-6,8-11,14-15H,7,13,16H2,1-3H3/b11-10+. The lowest BCUT2D eigenvalue weighted by Gasteiger charge is -2.21. The van der Waals surface area contributed by atoms with Crippen molar-refractivity contribution in [2.24, 2.45) is 0 Å². The highest BCUT2D eigenvalue weighted by molar-refractivity contribution is 5.96. The lowest BCUT2D eigenvalue weighted by atomic mass is 10.1. The molecule has 0 saturated heterocycles. The van der Waals surface area contributed by atoms with Crippen LogP contribution in [0.2, 0.25) is 0 Å². The first-order valence-electron chi connectivity index (χ1n) is 9.41. The SMILES string of the molecule is COc1cc(/C=C/C(=O)OCC(=O)N(CCC#N)c2ccccc2)cc(OC)c1OC. The Bertz CT molecular complexity index is 941. The molecule has 0 heterocycles. The highest BCUT2D eigenvalue weighted by Gasteiger charge is 2.17. The van der Waals surface area contributed by atoms with E-state index in [1.165, 1.54) is 38.4 Å². The summed E-state index contributed by atoms with van der Waals surface area (Å²) in [6.45, 7) is -0.239. The molecule has 0 aliphatic heterocycles. The number of rotatable bonds is 10. The molecule has 8 nitrogen and oxygen atoms in total. The Morgan fingerprint density at radius 2 is 1.68 bits per heavy atom. The lowest BCUT2D eigenvalue weighted by Crippen LogP contribution is -2.35. The number of hydrogen-bond donors (Lipinski definition) is 0. The summed E-state index contributed by atoms with van der Waals surface area (Å²) < 4.78 is 20.9. The van der Waals surface area contributed by atoms with Crippen LogP contribution < -0.4 is 19.1 Å². The number of methoxy groups -OCH3 is 3. The Hall–Kier alpha value is -3.99. The van der Waals surface area contributed by atoms with E-state index in [-0.39, 0.29) is 13.0 Å². The van der Waals surface area contributed by atoms with Gasteiger partial charge in [0, 0.05) is 18.3 Å². The summed E-state index contributed by atoms with van der Waals surface area (Å²) in [6, 6.07) is 14.3. The van der Waals surface area contributed by atoms with Crippen LogP contribution in [-0.2, 0) is 14.3 Å². The van der Waals surface area contributed by atoms with Gasteiger partial charge in [-0.15, -0.1) is 0 Å². The van der Waals surface area contributed by atoms with Gasteiger partial charge in [0.1, 0.15) is 0 Å². The number of esters is 1. The van der Waals surface area contributed by atoms with Crippen molar-refractivity contribution in [3.63, 3.8) is 0 Å². The van der Waals surface area contributed by atoms with Gasteiger partial charge in [-0.3, -0.25) is 4.79 Å². The van der Waals surface area contributed by atoms with E-state index in [1.54, 1.807) is 36.4 Å². The molecule has 0 N–H and O–H groups in total. The van der Waals surface area contributed by atoms with E-state index in [2.05, 4.69) is 0 Å². The first-order chi connectivity index (χ1) is 15.0. The van der Waals surface area contributed by atoms with E-state index in [0.717, 1.165) is 0 Å². The summed E-state index contributed by atoms with van der Waals surface area (Å²) in [5.41, 5.74) is 1.25. The molecule has 0 radical (unpaired) electrons. The third kappa shape index (κ3) is 6.51. The number of carbonyl (C=O) groups excluding carboxylic acids is 2. The van der Waals surface area contributed by atoms with Gasteiger partial charge in [0.2, 0.25) is 5.75 Å². The molecule has 0 bridgehead atoms. The molecule has 1 amide bonds. The maximum absolute atomic E-state index is 12.5. The van der Waals surface area contributed by atoms with Crippen LogP contribution in [0.1, 0.15) is 12.0 Å². The fraction of sp³-hybridized carbons (Fsp3) is 0.261. The van der Waals surface area contributed by atoms with Crippen LogP contribution in [0.4, 0.5) is 5.69 Å². The van der Waals surface area contributed by atoms with Crippen molar-refractivity contribution < 1.29 is 28.5 Å². The van der Waals surface area contributed by atoms with Crippen molar-refractivity contribution in [3.05, 3.63) is 54.1 Å². The number of para-hydroxylation sites is 1. The molecular weight excluding hydrogens is 400 g/mol. The maximum Gasteiger partial charge on any atom is 0.331 e. The van der Waals surface area contributed by atoms with E-state index in [9.17, 15) is 9.59 Å². The predicted octanol–water partition coefficient (Wildman–Crippen LogP) is 3.22. The van der Waals surface area contributed by atoms with E-state index < -0.39 is 18.5 Å². The molecule has 0 aliphatic rings. The minimum atomic E-state index is -0.685. The van der Waals surface area contributed by atoms with E-state index in [0.29, 0.717) is 28.5 Å². The second-order valence-corrected chi connectivity index (χ2v) is 6.19. The van der Waals surface area contributed by atoms with Crippen LogP contribution in [0.3, 0.4) is 0 Å². The Kier molecular flexibility index (Phi) is 8.92. The summed E-state index contributed by atoms with van der Waals surface area (Å²) >= 11 is 0. The Labute approximate surface area is 181 Å². The second-order valence-electron chi connectivity index (χ2n) is 6.19. The molecule has 0 spiro atoms. The Balaban J connectivity index is 2.04. The number of carbonyl (C=O) groups is 2. The summed E-state index contributed by atoms with van der Waals surface area (Å²) in [4.78, 5) is 26.1. The topological polar surface area (TPSA) is 98.1 Å². The minimum Gasteiger partial charge on any atom is -0.493 e. The van der Waals surface area contributed by atoms with Crippen LogP contribution in [-0.4, -0.2) is 46.4 Å². The van der Waals surface area contributed by atoms with Gasteiger partial charge in [-0.1, -0.05) is 18.2 Å². The Morgan fingerprint density at radius 1 is 1.03 bits per heavy atom. The van der Waals surface area contributed by atoms with Crippen LogP contribution in [0.15, 0.2) is 48.5 Å². The van der Waals surface area contributed by atoms with Crippen LogP contribution in [0.25, 0.3) is 6.08 Å². The normalized spacial score (nSPS) is 10.3. The quantitative estimate of drug-likeness (QED) is 0.427. The molecule has 0 aliphatic carbocycles. The van der Waals surface area contributed by atoms with Crippen LogP contribution >= 0.6 is 0 Å². The number of anilines is 1. The third-order valence-corrected chi connectivity index (χ3v) is 4.25. The second kappa shape index (κ2) is 11.9. The molecule has 0 saturated carbocycles. The van der Waals surface area contributed by atoms with Crippen molar-refractivity contribution in [1.29, 1.82) is 5.26 Å². The number of amides is 1. The van der Waals surface area contributed by atoms with Gasteiger partial charge >= 0.3 is 5.97 Å². The van der Waals surface area contributed by atoms with Gasteiger partial charge in [0.05, 0.1) is 33.8 Å². The van der Waals surface area contributed by atoms with Crippen LogP contribution in [0.5, 0.6) is 17.2 Å². The number of ether oxygens (including phenoxy) is 4. The first-order valence-corrected chi connectivity index (χ1v) is 9.41. The first kappa shape index (κ1) is 23.3. The minimum absolute atomic E-state index is 0.162. The molecule has 2 aromatic carbocycles. The summed E-state index contributed by atoms with van der Waals surface area (Å²) in [5, 5.41) is 8.84. The van der Waals surface area contributed by atoms with Crippen molar-refractivity contribution in [2.75, 3.05) is 39.4 Å². The molecule has 2 aromatic rings. The van der Waals surface area contributed by atoms with Crippen molar-refractivity contribution in [2.45, 2.75) is 6.42 Å². The van der Waals surface area contributed by atoms with Crippen LogP contribution in [0, 0.1) is 11.3 Å². The van der Waals surface area contributed by atoms with E-state index >= 15 is 0 Å². The van der Waals surface area contributed by atoms with E-state index in [1.807, 2.05) is 12.1 Å². The van der Waals surface area contributed by atoms with Crippen molar-refractivity contribution in [1.82, 2.24) is 0 Å². The summed E-state index contributed by atoms with van der Waals surface area (Å²) in [7, 11) is 4.49. The average Bonchev–Trinajstić information content (AvgIpc) is 2.81. The average molecular weight is 424 g/mol. The fourth-order valence-electron chi connectivity index (χ4n) is 2.79. The monoisotopic (exact) mass is 424 g/mol. The molecule has 31 heavy (non-hydrogen) atoms. The van der Waals surface area contributed by atoms with Gasteiger partial charge in [0.25, 0.3) is 5.91 Å². The molecule has 0 fully saturated rings. The summed E-state index contributed by atoms with van der Waals surface area (Å²) in [5.74, 6) is 0.224. The fourth-order valence-corrected chi connectivity index (χ4v) is 2.79. The third-order valence-electron chi connectivity index (χ3n) is 4.25.